The third kappa shape index (κ3) is 3.64. The molecule has 5 heterocycles. The van der Waals surface area contributed by atoms with E-state index in [1.165, 1.54) is 0 Å². The summed E-state index contributed by atoms with van der Waals surface area (Å²) in [6.07, 6.45) is 9.47. The van der Waals surface area contributed by atoms with Crippen LogP contribution < -0.4 is 11.2 Å². The molecule has 3 aromatic heterocycles. The fourth-order valence-corrected chi connectivity index (χ4v) is 6.47. The Balaban J connectivity index is 1.28. The van der Waals surface area contributed by atoms with E-state index in [0.717, 1.165) is 77.8 Å². The number of aromatic nitrogens is 4. The summed E-state index contributed by atoms with van der Waals surface area (Å²) >= 11 is 0. The van der Waals surface area contributed by atoms with Crippen LogP contribution >= 0.6 is 0 Å². The number of pyridine rings is 1. The molecular formula is C28H29N7O2. The number of carbonyl (C=O) groups excluding carboxylic acids is 1. The van der Waals surface area contributed by atoms with Crippen LogP contribution in [0.15, 0.2) is 54.9 Å². The molecule has 3 fully saturated rings. The Morgan fingerprint density at radius 2 is 1.70 bits per heavy atom. The van der Waals surface area contributed by atoms with E-state index in [-0.39, 0.29) is 18.0 Å². The van der Waals surface area contributed by atoms with E-state index in [2.05, 4.69) is 11.2 Å². The lowest BCUT2D eigenvalue weighted by atomic mass is 9.85. The smallest absolute Gasteiger partial charge is 0.341 e. The van der Waals surface area contributed by atoms with E-state index >= 15 is 0 Å². The Morgan fingerprint density at radius 1 is 0.946 bits per heavy atom. The van der Waals surface area contributed by atoms with Gasteiger partial charge in [0.05, 0.1) is 17.6 Å². The highest BCUT2D eigenvalue weighted by atomic mass is 16.5. The number of carbonyl (C=O) groups is 1. The number of hydroxylamine groups is 1. The number of nitrogen functional groups attached to an aromatic ring is 1. The molecule has 2 saturated heterocycles. The number of hydrogen-bond acceptors (Lipinski definition) is 6. The fraction of sp³-hybridized carbons (Fsp3) is 0.357. The number of fused-ring (bicyclic) bond motifs is 3. The quantitative estimate of drug-likeness (QED) is 0.278. The van der Waals surface area contributed by atoms with Crippen LogP contribution in [0.3, 0.4) is 0 Å². The van der Waals surface area contributed by atoms with E-state index in [9.17, 15) is 10.0 Å². The number of nitrogens with one attached hydrogen (secondary N) is 1. The van der Waals surface area contributed by atoms with Crippen molar-refractivity contribution in [2.24, 2.45) is 0 Å². The first-order valence-electron chi connectivity index (χ1n) is 13.0. The average molecular weight is 496 g/mol. The van der Waals surface area contributed by atoms with Gasteiger partial charge in [-0.3, -0.25) is 10.2 Å². The number of nitrogens with zero attached hydrogens (tertiary/aromatic N) is 5. The van der Waals surface area contributed by atoms with E-state index < -0.39 is 6.03 Å². The third-order valence-electron chi connectivity index (χ3n) is 8.33. The lowest BCUT2D eigenvalue weighted by Crippen LogP contribution is -2.49. The van der Waals surface area contributed by atoms with Crippen LogP contribution in [0.25, 0.3) is 28.0 Å². The first-order valence-corrected chi connectivity index (χ1v) is 13.0. The summed E-state index contributed by atoms with van der Waals surface area (Å²) in [5, 5.41) is 13.9. The van der Waals surface area contributed by atoms with Gasteiger partial charge < -0.3 is 10.6 Å². The van der Waals surface area contributed by atoms with Crippen molar-refractivity contribution in [1.82, 2.24) is 30.0 Å². The summed E-state index contributed by atoms with van der Waals surface area (Å²) in [7, 11) is 0. The van der Waals surface area contributed by atoms with Gasteiger partial charge >= 0.3 is 6.03 Å². The van der Waals surface area contributed by atoms with E-state index in [1.807, 2.05) is 59.2 Å². The molecule has 1 saturated carbocycles. The zero-order chi connectivity index (χ0) is 25.1. The van der Waals surface area contributed by atoms with E-state index in [1.54, 1.807) is 4.52 Å². The minimum Gasteiger partial charge on any atom is -0.383 e. The Morgan fingerprint density at radius 3 is 2.35 bits per heavy atom. The summed E-state index contributed by atoms with van der Waals surface area (Å²) in [6, 6.07) is 14.0. The molecule has 0 spiro atoms. The van der Waals surface area contributed by atoms with Crippen LogP contribution in [0.2, 0.25) is 0 Å². The molecule has 4 N–H and O–H groups in total. The molecule has 0 unspecified atom stereocenters. The highest BCUT2D eigenvalue weighted by Gasteiger charge is 2.45. The first kappa shape index (κ1) is 22.2. The molecule has 9 heteroatoms. The second-order valence-electron chi connectivity index (χ2n) is 10.5. The largest absolute Gasteiger partial charge is 0.383 e. The normalized spacial score (nSPS) is 22.9. The van der Waals surface area contributed by atoms with Crippen molar-refractivity contribution < 1.29 is 10.0 Å². The molecule has 2 bridgehead atoms. The van der Waals surface area contributed by atoms with Gasteiger partial charge in [-0.25, -0.2) is 15.3 Å². The minimum absolute atomic E-state index is 0.0984. The maximum absolute atomic E-state index is 12.3. The van der Waals surface area contributed by atoms with Crippen molar-refractivity contribution in [3.8, 4) is 22.4 Å². The first-order chi connectivity index (χ1) is 18.1. The van der Waals surface area contributed by atoms with Crippen molar-refractivity contribution in [2.45, 2.75) is 62.4 Å². The van der Waals surface area contributed by atoms with Crippen molar-refractivity contribution in [2.75, 3.05) is 5.73 Å². The van der Waals surface area contributed by atoms with Gasteiger partial charge in [-0.2, -0.15) is 9.61 Å². The second kappa shape index (κ2) is 8.55. The highest BCUT2D eigenvalue weighted by Crippen LogP contribution is 2.50. The Hall–Kier alpha value is -3.98. The standard InChI is InChI=1S/C28H29N7O2/c29-26-24(17-6-7-17)25(19-12-20-9-10-21(13-19)34(20)28(36)33-37)32-27-22(15-31-35(26)27)18-8-11-23(30-14-18)16-4-2-1-3-5-16/h1-5,8,11,14-15,17,19-21,37H,6-7,9-10,12-13,29H2,(H,33,36)/t19-,20+,21-. The predicted molar refractivity (Wildman–Crippen MR) is 139 cm³/mol. The molecule has 188 valence electrons. The van der Waals surface area contributed by atoms with Gasteiger partial charge in [0.1, 0.15) is 5.82 Å². The van der Waals surface area contributed by atoms with Crippen molar-refractivity contribution in [3.63, 3.8) is 0 Å². The van der Waals surface area contributed by atoms with Gasteiger partial charge in [0.25, 0.3) is 0 Å². The molecule has 0 radical (unpaired) electrons. The molecule has 7 rings (SSSR count). The Bertz CT molecular complexity index is 1470. The molecule has 9 nitrogen and oxygen atoms in total. The third-order valence-corrected chi connectivity index (χ3v) is 8.33. The van der Waals surface area contributed by atoms with E-state index in [4.69, 9.17) is 15.7 Å². The van der Waals surface area contributed by atoms with E-state index in [0.29, 0.717) is 11.7 Å². The number of hydrogen-bond donors (Lipinski definition) is 3. The maximum atomic E-state index is 12.3. The summed E-state index contributed by atoms with van der Waals surface area (Å²) in [5.41, 5.74) is 15.4. The molecule has 2 amide bonds. The number of benzene rings is 1. The van der Waals surface area contributed by atoms with Gasteiger partial charge in [0.15, 0.2) is 5.65 Å². The SMILES string of the molecule is Nc1c(C2CC2)c([C@H]2C[C@H]3CC[C@@H](C2)N3C(=O)NO)nc2c(-c3ccc(-c4ccccc4)nc3)cnn12. The lowest BCUT2D eigenvalue weighted by molar-refractivity contribution is 0.0931. The predicted octanol–water partition coefficient (Wildman–Crippen LogP) is 4.73. The molecule has 3 atom stereocenters. The summed E-state index contributed by atoms with van der Waals surface area (Å²) in [6.45, 7) is 0. The fourth-order valence-electron chi connectivity index (χ4n) is 6.47. The zero-order valence-electron chi connectivity index (χ0n) is 20.4. The Kier molecular flexibility index (Phi) is 5.14. The van der Waals surface area contributed by atoms with Crippen molar-refractivity contribution in [3.05, 3.63) is 66.1 Å². The van der Waals surface area contributed by atoms with Crippen LogP contribution in [0, 0.1) is 0 Å². The molecule has 1 aromatic carbocycles. The molecule has 2 aliphatic heterocycles. The van der Waals surface area contributed by atoms with Gasteiger partial charge in [0.2, 0.25) is 0 Å². The number of nitrogens with two attached hydrogens (primary N) is 1. The van der Waals surface area contributed by atoms with Crippen molar-refractivity contribution >= 4 is 17.5 Å². The lowest BCUT2D eigenvalue weighted by Gasteiger charge is -2.38. The molecule has 3 aliphatic rings. The van der Waals surface area contributed by atoms with Gasteiger partial charge in [-0.1, -0.05) is 36.4 Å². The molecule has 4 aromatic rings. The minimum atomic E-state index is -0.402. The number of anilines is 1. The zero-order valence-corrected chi connectivity index (χ0v) is 20.4. The van der Waals surface area contributed by atoms with Gasteiger partial charge in [-0.05, 0) is 50.5 Å². The highest BCUT2D eigenvalue weighted by molar-refractivity contribution is 5.79. The number of piperidine rings is 1. The summed E-state index contributed by atoms with van der Waals surface area (Å²) < 4.78 is 1.78. The van der Waals surface area contributed by atoms with Crippen LogP contribution in [0.4, 0.5) is 10.6 Å². The van der Waals surface area contributed by atoms with Crippen molar-refractivity contribution in [1.29, 1.82) is 0 Å². The monoisotopic (exact) mass is 495 g/mol. The Labute approximate surface area is 214 Å². The number of amides is 2. The molecule has 37 heavy (non-hydrogen) atoms. The second-order valence-corrected chi connectivity index (χ2v) is 10.5. The van der Waals surface area contributed by atoms with Gasteiger partial charge in [-0.15, -0.1) is 0 Å². The average Bonchev–Trinajstić information content (AvgIpc) is 3.62. The molecule has 1 aliphatic carbocycles. The van der Waals surface area contributed by atoms with Gasteiger partial charge in [0, 0.05) is 46.5 Å². The number of rotatable bonds is 4. The maximum Gasteiger partial charge on any atom is 0.341 e. The molecular weight excluding hydrogens is 466 g/mol. The number of urea groups is 1. The van der Waals surface area contributed by atoms with Crippen LogP contribution in [0.5, 0.6) is 0 Å². The van der Waals surface area contributed by atoms with Crippen LogP contribution in [-0.2, 0) is 0 Å². The van der Waals surface area contributed by atoms with Crippen LogP contribution in [0.1, 0.15) is 61.6 Å². The summed E-state index contributed by atoms with van der Waals surface area (Å²) in [4.78, 5) is 24.0. The summed E-state index contributed by atoms with van der Waals surface area (Å²) in [5.74, 6) is 1.30. The van der Waals surface area contributed by atoms with Crippen LogP contribution in [-0.4, -0.2) is 47.8 Å². The topological polar surface area (TPSA) is 122 Å².